The number of carbonyl (C=O) groups is 2. The number of aryl methyl sites for hydroxylation is 1. The van der Waals surface area contributed by atoms with Gasteiger partial charge in [0.15, 0.2) is 0 Å². The maximum Gasteiger partial charge on any atom is 0.303 e. The molecular formula is C19H27NO4. The van der Waals surface area contributed by atoms with Crippen LogP contribution in [0.5, 0.6) is 5.75 Å². The van der Waals surface area contributed by atoms with Crippen molar-refractivity contribution in [3.8, 4) is 5.75 Å². The molecule has 0 saturated carbocycles. The highest BCUT2D eigenvalue weighted by atomic mass is 16.5. The number of carboxylic acids is 1. The molecule has 1 heterocycles. The summed E-state index contributed by atoms with van der Waals surface area (Å²) >= 11 is 0. The summed E-state index contributed by atoms with van der Waals surface area (Å²) in [6, 6.07) is 8.02. The third kappa shape index (κ3) is 5.55. The van der Waals surface area contributed by atoms with E-state index in [0.717, 1.165) is 44.4 Å². The molecule has 132 valence electrons. The van der Waals surface area contributed by atoms with Crippen molar-refractivity contribution >= 4 is 11.9 Å². The second kappa shape index (κ2) is 9.30. The van der Waals surface area contributed by atoms with Crippen molar-refractivity contribution in [2.45, 2.75) is 57.4 Å². The molecular weight excluding hydrogens is 306 g/mol. The highest BCUT2D eigenvalue weighted by Gasteiger charge is 2.26. The number of nitrogens with zero attached hydrogens (tertiary/aromatic N) is 1. The van der Waals surface area contributed by atoms with Crippen molar-refractivity contribution in [2.75, 3.05) is 13.7 Å². The molecule has 0 bridgehead atoms. The van der Waals surface area contributed by atoms with Gasteiger partial charge in [-0.2, -0.15) is 0 Å². The molecule has 1 unspecified atom stereocenters. The van der Waals surface area contributed by atoms with Gasteiger partial charge in [-0.1, -0.05) is 12.1 Å². The number of methoxy groups -OCH3 is 1. The average molecular weight is 333 g/mol. The monoisotopic (exact) mass is 333 g/mol. The number of carboxylic acid groups (broad SMARTS) is 1. The van der Waals surface area contributed by atoms with E-state index in [1.165, 1.54) is 5.56 Å². The topological polar surface area (TPSA) is 66.8 Å². The van der Waals surface area contributed by atoms with Gasteiger partial charge < -0.3 is 14.7 Å². The highest BCUT2D eigenvalue weighted by molar-refractivity contribution is 5.76. The number of rotatable bonds is 8. The molecule has 0 aliphatic carbocycles. The third-order valence-electron chi connectivity index (χ3n) is 4.65. The smallest absolute Gasteiger partial charge is 0.303 e. The molecule has 1 aliphatic heterocycles. The first-order valence-electron chi connectivity index (χ1n) is 8.74. The zero-order valence-electron chi connectivity index (χ0n) is 14.4. The number of hydrogen-bond donors (Lipinski definition) is 1. The zero-order chi connectivity index (χ0) is 17.4. The summed E-state index contributed by atoms with van der Waals surface area (Å²) in [4.78, 5) is 25.2. The van der Waals surface area contributed by atoms with Crippen LogP contribution in [0.15, 0.2) is 24.3 Å². The van der Waals surface area contributed by atoms with E-state index in [0.29, 0.717) is 12.8 Å². The van der Waals surface area contributed by atoms with E-state index in [4.69, 9.17) is 9.84 Å². The molecule has 24 heavy (non-hydrogen) atoms. The number of carbonyl (C=O) groups excluding carboxylic acids is 1. The van der Waals surface area contributed by atoms with Crippen LogP contribution in [0.25, 0.3) is 0 Å². The SMILES string of the molecule is COc1ccc(CCCC(=O)N2CCCCC2CCC(=O)O)cc1. The molecule has 1 fully saturated rings. The fraction of sp³-hybridized carbons (Fsp3) is 0.579. The summed E-state index contributed by atoms with van der Waals surface area (Å²) in [5.74, 6) is 0.218. The van der Waals surface area contributed by atoms with Crippen LogP contribution < -0.4 is 4.74 Å². The molecule has 1 amide bonds. The van der Waals surface area contributed by atoms with E-state index in [-0.39, 0.29) is 18.4 Å². The first-order chi connectivity index (χ1) is 11.6. The molecule has 1 aromatic rings. The van der Waals surface area contributed by atoms with Crippen molar-refractivity contribution in [3.63, 3.8) is 0 Å². The Bertz CT molecular complexity index is 541. The van der Waals surface area contributed by atoms with Gasteiger partial charge >= 0.3 is 5.97 Å². The number of piperidine rings is 1. The Morgan fingerprint density at radius 3 is 2.62 bits per heavy atom. The van der Waals surface area contributed by atoms with Gasteiger partial charge in [-0.25, -0.2) is 0 Å². The molecule has 2 rings (SSSR count). The number of aliphatic carboxylic acids is 1. The van der Waals surface area contributed by atoms with Gasteiger partial charge in [0.25, 0.3) is 0 Å². The van der Waals surface area contributed by atoms with Gasteiger partial charge in [0.05, 0.1) is 7.11 Å². The van der Waals surface area contributed by atoms with E-state index >= 15 is 0 Å². The Kier molecular flexibility index (Phi) is 7.09. The molecule has 0 aromatic heterocycles. The summed E-state index contributed by atoms with van der Waals surface area (Å²) in [7, 11) is 1.65. The Labute approximate surface area is 143 Å². The van der Waals surface area contributed by atoms with Crippen molar-refractivity contribution < 1.29 is 19.4 Å². The van der Waals surface area contributed by atoms with Gasteiger partial charge in [-0.15, -0.1) is 0 Å². The van der Waals surface area contributed by atoms with Crippen molar-refractivity contribution in [1.29, 1.82) is 0 Å². The van der Waals surface area contributed by atoms with Crippen molar-refractivity contribution in [3.05, 3.63) is 29.8 Å². The first kappa shape index (κ1) is 18.3. The number of benzene rings is 1. The molecule has 1 aliphatic rings. The Balaban J connectivity index is 1.79. The lowest BCUT2D eigenvalue weighted by atomic mass is 9.97. The van der Waals surface area contributed by atoms with Crippen molar-refractivity contribution in [1.82, 2.24) is 4.90 Å². The van der Waals surface area contributed by atoms with Crippen LogP contribution in [0.3, 0.4) is 0 Å². The molecule has 0 radical (unpaired) electrons. The Morgan fingerprint density at radius 2 is 1.96 bits per heavy atom. The number of hydrogen-bond acceptors (Lipinski definition) is 3. The number of ether oxygens (including phenoxy) is 1. The fourth-order valence-electron chi connectivity index (χ4n) is 3.30. The fourth-order valence-corrected chi connectivity index (χ4v) is 3.30. The minimum atomic E-state index is -0.785. The van der Waals surface area contributed by atoms with Crippen LogP contribution >= 0.6 is 0 Å². The summed E-state index contributed by atoms with van der Waals surface area (Å²) in [5, 5.41) is 8.86. The van der Waals surface area contributed by atoms with Gasteiger partial charge in [-0.3, -0.25) is 9.59 Å². The quantitative estimate of drug-likeness (QED) is 0.793. The van der Waals surface area contributed by atoms with Gasteiger partial charge in [0.1, 0.15) is 5.75 Å². The van der Waals surface area contributed by atoms with E-state index in [1.54, 1.807) is 7.11 Å². The average Bonchev–Trinajstić information content (AvgIpc) is 2.60. The minimum absolute atomic E-state index is 0.100. The maximum atomic E-state index is 12.5. The lowest BCUT2D eigenvalue weighted by Crippen LogP contribution is -2.43. The number of amides is 1. The highest BCUT2D eigenvalue weighted by Crippen LogP contribution is 2.22. The molecule has 1 N–H and O–H groups in total. The van der Waals surface area contributed by atoms with Crippen LogP contribution in [0.1, 0.15) is 50.5 Å². The van der Waals surface area contributed by atoms with E-state index in [1.807, 2.05) is 29.2 Å². The number of likely N-dealkylation sites (tertiary alicyclic amines) is 1. The van der Waals surface area contributed by atoms with E-state index < -0.39 is 5.97 Å². The molecule has 5 nitrogen and oxygen atoms in total. The van der Waals surface area contributed by atoms with Gasteiger partial charge in [0, 0.05) is 25.4 Å². The van der Waals surface area contributed by atoms with Crippen molar-refractivity contribution in [2.24, 2.45) is 0 Å². The molecule has 1 atom stereocenters. The lowest BCUT2D eigenvalue weighted by molar-refractivity contribution is -0.140. The van der Waals surface area contributed by atoms with Crippen LogP contribution in [-0.4, -0.2) is 41.6 Å². The van der Waals surface area contributed by atoms with E-state index in [9.17, 15) is 9.59 Å². The molecule has 1 aromatic carbocycles. The van der Waals surface area contributed by atoms with Crippen LogP contribution in [0.4, 0.5) is 0 Å². The minimum Gasteiger partial charge on any atom is -0.497 e. The summed E-state index contributed by atoms with van der Waals surface area (Å²) in [6.45, 7) is 0.769. The van der Waals surface area contributed by atoms with Gasteiger partial charge in [0.2, 0.25) is 5.91 Å². The first-order valence-corrected chi connectivity index (χ1v) is 8.74. The normalized spacial score (nSPS) is 17.5. The van der Waals surface area contributed by atoms with Crippen LogP contribution in [-0.2, 0) is 16.0 Å². The summed E-state index contributed by atoms with van der Waals surface area (Å²) in [5.41, 5.74) is 1.20. The van der Waals surface area contributed by atoms with E-state index in [2.05, 4.69) is 0 Å². The van der Waals surface area contributed by atoms with Crippen LogP contribution in [0, 0.1) is 0 Å². The predicted molar refractivity (Wildman–Crippen MR) is 92.2 cm³/mol. The predicted octanol–water partition coefficient (Wildman–Crippen LogP) is 3.26. The largest absolute Gasteiger partial charge is 0.497 e. The maximum absolute atomic E-state index is 12.5. The lowest BCUT2D eigenvalue weighted by Gasteiger charge is -2.35. The third-order valence-corrected chi connectivity index (χ3v) is 4.65. The molecule has 0 spiro atoms. The second-order valence-corrected chi connectivity index (χ2v) is 6.37. The van der Waals surface area contributed by atoms with Crippen LogP contribution in [0.2, 0.25) is 0 Å². The molecule has 5 heteroatoms. The summed E-state index contributed by atoms with van der Waals surface area (Å²) in [6.07, 6.45) is 5.94. The Hall–Kier alpha value is -2.04. The molecule has 1 saturated heterocycles. The second-order valence-electron chi connectivity index (χ2n) is 6.37. The standard InChI is InChI=1S/C19H27NO4/c1-24-17-11-8-15(9-12-17)5-4-7-18(21)20-14-3-2-6-16(20)10-13-19(22)23/h8-9,11-12,16H,2-7,10,13-14H2,1H3,(H,22,23). The van der Waals surface area contributed by atoms with Gasteiger partial charge in [-0.05, 0) is 56.2 Å². The summed E-state index contributed by atoms with van der Waals surface area (Å²) < 4.78 is 5.14. The Morgan fingerprint density at radius 1 is 1.21 bits per heavy atom. The zero-order valence-corrected chi connectivity index (χ0v) is 14.4.